The van der Waals surface area contributed by atoms with Gasteiger partial charge < -0.3 is 5.73 Å². The summed E-state index contributed by atoms with van der Waals surface area (Å²) in [4.78, 5) is 0. The van der Waals surface area contributed by atoms with E-state index < -0.39 is 0 Å². The van der Waals surface area contributed by atoms with Gasteiger partial charge in [0, 0.05) is 5.56 Å². The van der Waals surface area contributed by atoms with Gasteiger partial charge in [-0.2, -0.15) is 4.68 Å². The first-order chi connectivity index (χ1) is 9.66. The molecule has 0 aliphatic heterocycles. The van der Waals surface area contributed by atoms with Crippen LogP contribution in [0, 0.1) is 0 Å². The molecule has 0 aliphatic carbocycles. The Labute approximate surface area is 124 Å². The summed E-state index contributed by atoms with van der Waals surface area (Å²) in [5.74, 6) is 0.542. The standard InChI is InChI=1S/C13H9Cl2N5/c14-9-3-1-2-4-12(9)20-13(17-18-19-20)8-5-6-11(16)10(15)7-8/h1-7H,16H2. The Morgan fingerprint density at radius 2 is 1.80 bits per heavy atom. The van der Waals surface area contributed by atoms with Crippen molar-refractivity contribution in [3.05, 3.63) is 52.5 Å². The number of nitrogen functional groups attached to an aromatic ring is 1. The average Bonchev–Trinajstić information content (AvgIpc) is 2.91. The van der Waals surface area contributed by atoms with Gasteiger partial charge in [-0.1, -0.05) is 35.3 Å². The fourth-order valence-corrected chi connectivity index (χ4v) is 2.22. The lowest BCUT2D eigenvalue weighted by atomic mass is 10.2. The van der Waals surface area contributed by atoms with Gasteiger partial charge in [-0.05, 0) is 40.8 Å². The molecular weight excluding hydrogens is 297 g/mol. The van der Waals surface area contributed by atoms with E-state index in [1.807, 2.05) is 18.2 Å². The number of hydrogen-bond acceptors (Lipinski definition) is 4. The van der Waals surface area contributed by atoms with Crippen molar-refractivity contribution >= 4 is 28.9 Å². The van der Waals surface area contributed by atoms with Crippen LogP contribution in [0.25, 0.3) is 17.1 Å². The molecule has 0 radical (unpaired) electrons. The Morgan fingerprint density at radius 1 is 1.00 bits per heavy atom. The van der Waals surface area contributed by atoms with E-state index in [1.165, 1.54) is 0 Å². The summed E-state index contributed by atoms with van der Waals surface area (Å²) in [7, 11) is 0. The fourth-order valence-electron chi connectivity index (χ4n) is 1.82. The number of halogens is 2. The zero-order chi connectivity index (χ0) is 14.1. The molecule has 2 aromatic carbocycles. The molecule has 1 heterocycles. The van der Waals surface area contributed by atoms with Crippen molar-refractivity contribution in [1.29, 1.82) is 0 Å². The summed E-state index contributed by atoms with van der Waals surface area (Å²) in [6, 6.07) is 12.6. The van der Waals surface area contributed by atoms with Crippen LogP contribution in [0.5, 0.6) is 0 Å². The van der Waals surface area contributed by atoms with E-state index in [-0.39, 0.29) is 0 Å². The quantitative estimate of drug-likeness (QED) is 0.738. The molecule has 7 heteroatoms. The summed E-state index contributed by atoms with van der Waals surface area (Å²) in [5, 5.41) is 12.7. The van der Waals surface area contributed by atoms with E-state index >= 15 is 0 Å². The smallest absolute Gasteiger partial charge is 0.187 e. The number of tetrazole rings is 1. The highest BCUT2D eigenvalue weighted by molar-refractivity contribution is 6.33. The van der Waals surface area contributed by atoms with Gasteiger partial charge in [-0.3, -0.25) is 0 Å². The molecule has 0 aliphatic rings. The van der Waals surface area contributed by atoms with Gasteiger partial charge in [0.1, 0.15) is 0 Å². The maximum absolute atomic E-state index is 6.17. The molecule has 0 saturated heterocycles. The molecular formula is C13H9Cl2N5. The second-order valence-corrected chi connectivity index (χ2v) is 4.92. The zero-order valence-corrected chi connectivity index (χ0v) is 11.7. The summed E-state index contributed by atoms with van der Waals surface area (Å²) >= 11 is 12.2. The maximum Gasteiger partial charge on any atom is 0.187 e. The van der Waals surface area contributed by atoms with Gasteiger partial charge >= 0.3 is 0 Å². The Kier molecular flexibility index (Phi) is 3.30. The zero-order valence-electron chi connectivity index (χ0n) is 10.2. The van der Waals surface area contributed by atoms with Crippen molar-refractivity contribution in [3.8, 4) is 17.1 Å². The summed E-state index contributed by atoms with van der Waals surface area (Å²) in [5.41, 5.74) is 7.67. The third-order valence-electron chi connectivity index (χ3n) is 2.81. The van der Waals surface area contributed by atoms with Gasteiger partial charge in [0.05, 0.1) is 21.4 Å². The summed E-state index contributed by atoms with van der Waals surface area (Å²) in [6.45, 7) is 0. The van der Waals surface area contributed by atoms with Crippen LogP contribution in [0.15, 0.2) is 42.5 Å². The number of nitrogens with zero attached hydrogens (tertiary/aromatic N) is 4. The van der Waals surface area contributed by atoms with Crippen molar-refractivity contribution in [2.75, 3.05) is 5.73 Å². The Balaban J connectivity index is 2.15. The lowest BCUT2D eigenvalue weighted by Gasteiger charge is -2.07. The Hall–Kier alpha value is -2.11. The number of anilines is 1. The van der Waals surface area contributed by atoms with Crippen molar-refractivity contribution in [2.45, 2.75) is 0 Å². The highest BCUT2D eigenvalue weighted by Crippen LogP contribution is 2.28. The van der Waals surface area contributed by atoms with Gasteiger partial charge in [0.25, 0.3) is 0 Å². The largest absolute Gasteiger partial charge is 0.398 e. The molecule has 5 nitrogen and oxygen atoms in total. The van der Waals surface area contributed by atoms with Crippen LogP contribution in [0.2, 0.25) is 10.0 Å². The number of hydrogen-bond donors (Lipinski definition) is 1. The molecule has 0 unspecified atom stereocenters. The normalized spacial score (nSPS) is 10.7. The highest BCUT2D eigenvalue weighted by Gasteiger charge is 2.13. The molecule has 0 bridgehead atoms. The molecule has 0 amide bonds. The first-order valence-electron chi connectivity index (χ1n) is 5.75. The van der Waals surface area contributed by atoms with Crippen LogP contribution < -0.4 is 5.73 Å². The molecule has 3 rings (SSSR count). The van der Waals surface area contributed by atoms with E-state index in [4.69, 9.17) is 28.9 Å². The number of rotatable bonds is 2. The van der Waals surface area contributed by atoms with Crippen LogP contribution in [0.1, 0.15) is 0 Å². The molecule has 0 saturated carbocycles. The maximum atomic E-state index is 6.17. The van der Waals surface area contributed by atoms with E-state index in [1.54, 1.807) is 28.9 Å². The van der Waals surface area contributed by atoms with Crippen molar-refractivity contribution < 1.29 is 0 Å². The molecule has 2 N–H and O–H groups in total. The van der Waals surface area contributed by atoms with E-state index in [2.05, 4.69) is 15.5 Å². The Morgan fingerprint density at radius 3 is 2.55 bits per heavy atom. The minimum absolute atomic E-state index is 0.455. The monoisotopic (exact) mass is 305 g/mol. The highest BCUT2D eigenvalue weighted by atomic mass is 35.5. The van der Waals surface area contributed by atoms with Gasteiger partial charge in [-0.15, -0.1) is 5.10 Å². The number of aromatic nitrogens is 4. The van der Waals surface area contributed by atoms with Crippen LogP contribution >= 0.6 is 23.2 Å². The predicted molar refractivity (Wildman–Crippen MR) is 79.0 cm³/mol. The van der Waals surface area contributed by atoms with E-state index in [0.29, 0.717) is 27.2 Å². The first kappa shape index (κ1) is 12.9. The second kappa shape index (κ2) is 5.11. The molecule has 1 aromatic heterocycles. The molecule has 0 atom stereocenters. The first-order valence-corrected chi connectivity index (χ1v) is 6.51. The van der Waals surface area contributed by atoms with Crippen molar-refractivity contribution in [3.63, 3.8) is 0 Å². The third-order valence-corrected chi connectivity index (χ3v) is 3.46. The third kappa shape index (κ3) is 2.21. The molecule has 20 heavy (non-hydrogen) atoms. The molecule has 0 fully saturated rings. The Bertz CT molecular complexity index is 769. The van der Waals surface area contributed by atoms with Crippen LogP contribution in [0.3, 0.4) is 0 Å². The second-order valence-electron chi connectivity index (χ2n) is 4.10. The van der Waals surface area contributed by atoms with Crippen LogP contribution in [-0.4, -0.2) is 20.2 Å². The van der Waals surface area contributed by atoms with E-state index in [9.17, 15) is 0 Å². The number of para-hydroxylation sites is 1. The lowest BCUT2D eigenvalue weighted by molar-refractivity contribution is 0.791. The summed E-state index contributed by atoms with van der Waals surface area (Å²) < 4.78 is 1.56. The predicted octanol–water partition coefficient (Wildman–Crippen LogP) is 3.22. The number of nitrogens with two attached hydrogens (primary N) is 1. The fraction of sp³-hybridized carbons (Fsp3) is 0. The van der Waals surface area contributed by atoms with Crippen LogP contribution in [-0.2, 0) is 0 Å². The minimum atomic E-state index is 0.455. The lowest BCUT2D eigenvalue weighted by Crippen LogP contribution is -2.00. The van der Waals surface area contributed by atoms with Gasteiger partial charge in [0.2, 0.25) is 0 Å². The SMILES string of the molecule is Nc1ccc(-c2nnnn2-c2ccccc2Cl)cc1Cl. The molecule has 3 aromatic rings. The van der Waals surface area contributed by atoms with Gasteiger partial charge in [-0.25, -0.2) is 0 Å². The van der Waals surface area contributed by atoms with Crippen molar-refractivity contribution in [2.24, 2.45) is 0 Å². The van der Waals surface area contributed by atoms with E-state index in [0.717, 1.165) is 5.56 Å². The topological polar surface area (TPSA) is 69.6 Å². The minimum Gasteiger partial charge on any atom is -0.398 e. The molecule has 0 spiro atoms. The molecule has 100 valence electrons. The van der Waals surface area contributed by atoms with Crippen molar-refractivity contribution in [1.82, 2.24) is 20.2 Å². The average molecular weight is 306 g/mol. The summed E-state index contributed by atoms with van der Waals surface area (Å²) in [6.07, 6.45) is 0. The van der Waals surface area contributed by atoms with Crippen LogP contribution in [0.4, 0.5) is 5.69 Å². The number of benzene rings is 2. The van der Waals surface area contributed by atoms with Gasteiger partial charge in [0.15, 0.2) is 5.82 Å².